The molecule has 0 aromatic heterocycles. The van der Waals surface area contributed by atoms with Gasteiger partial charge in [0.05, 0.1) is 29.1 Å². The number of allylic oxidation sites excluding steroid dienone is 2. The summed E-state index contributed by atoms with van der Waals surface area (Å²) in [6.07, 6.45) is -2.58. The number of carboxylic acids is 2. The van der Waals surface area contributed by atoms with Crippen LogP contribution in [0.15, 0.2) is 46.6 Å². The Hall–Kier alpha value is -3.45. The van der Waals surface area contributed by atoms with Crippen molar-refractivity contribution in [1.29, 1.82) is 0 Å². The summed E-state index contributed by atoms with van der Waals surface area (Å²) in [5.41, 5.74) is -2.03. The van der Waals surface area contributed by atoms with E-state index >= 15 is 13.2 Å². The second kappa shape index (κ2) is 11.1. The van der Waals surface area contributed by atoms with Gasteiger partial charge in [0.2, 0.25) is 0 Å². The van der Waals surface area contributed by atoms with E-state index in [0.29, 0.717) is 32.7 Å². The maximum Gasteiger partial charge on any atom is 0.398 e. The van der Waals surface area contributed by atoms with E-state index in [9.17, 15) is 24.2 Å². The summed E-state index contributed by atoms with van der Waals surface area (Å²) in [6.45, 7) is 1.61. The number of anilines is 1. The van der Waals surface area contributed by atoms with Crippen LogP contribution in [0.3, 0.4) is 0 Å². The minimum atomic E-state index is -4.89. The number of hydrogen-bond donors (Lipinski definition) is 4. The average Bonchev–Trinajstić information content (AvgIpc) is 3.76. The number of aliphatic imine (C=N–C) groups is 1. The minimum absolute atomic E-state index is 0.0191. The average molecular weight is 581 g/mol. The molecule has 0 spiro atoms. The van der Waals surface area contributed by atoms with Crippen LogP contribution in [0.4, 0.5) is 28.9 Å². The Morgan fingerprint density at radius 1 is 1.27 bits per heavy atom. The third kappa shape index (κ3) is 5.44. The lowest BCUT2D eigenvalue weighted by Crippen LogP contribution is -2.57. The number of aliphatic carboxylic acids is 2. The quantitative estimate of drug-likeness (QED) is 0.338. The summed E-state index contributed by atoms with van der Waals surface area (Å²) in [5.74, 6) is -8.26. The number of nitrogens with zero attached hydrogens (tertiary/aromatic N) is 2. The van der Waals surface area contributed by atoms with Gasteiger partial charge in [-0.3, -0.25) is 9.59 Å². The smallest absolute Gasteiger partial charge is 0.398 e. The summed E-state index contributed by atoms with van der Waals surface area (Å²) in [6, 6.07) is 3.67. The number of carboxylic acid groups (broad SMARTS) is 2. The fraction of sp³-hybridized carbons (Fsp3) is 0.536. The predicted molar refractivity (Wildman–Crippen MR) is 141 cm³/mol. The van der Waals surface area contributed by atoms with Crippen molar-refractivity contribution >= 4 is 29.1 Å². The van der Waals surface area contributed by atoms with Crippen LogP contribution in [-0.2, 0) is 14.3 Å². The first-order valence-corrected chi connectivity index (χ1v) is 13.5. The number of carbonyl (C=O) groups is 2. The molecule has 4 atom stereocenters. The molecule has 2 aliphatic heterocycles. The largest absolute Gasteiger partial charge is 0.481 e. The molecule has 1 saturated carbocycles. The first kappa shape index (κ1) is 29.1. The summed E-state index contributed by atoms with van der Waals surface area (Å²) >= 11 is 0. The molecule has 1 aromatic rings. The molecule has 0 bridgehead atoms. The molecule has 3 unspecified atom stereocenters. The van der Waals surface area contributed by atoms with Crippen molar-refractivity contribution in [3.05, 3.63) is 47.4 Å². The highest BCUT2D eigenvalue weighted by Crippen LogP contribution is 2.65. The van der Waals surface area contributed by atoms with E-state index in [1.165, 1.54) is 24.3 Å². The Morgan fingerprint density at radius 3 is 2.66 bits per heavy atom. The molecule has 1 aromatic carbocycles. The standard InChI is InChI=1S/C28H32F4N4O5/c1-41-11-7-17-14-36(10-9-33-17)25-23-20(34-21-12-16(29)4-5-19(21)35-25)6-8-27(15-2-3-15,28(30,31)32)24(23)18(26(39)40)13-22(37)38/h4-6,8,12,15,17-18,24,33-34H,2-3,7,9-11,13-14H2,1H3,(H,37,38)(H,39,40)/t17?,18?,24-,27?/m0/s1. The van der Waals surface area contributed by atoms with Gasteiger partial charge in [0.15, 0.2) is 0 Å². The van der Waals surface area contributed by atoms with Gasteiger partial charge >= 0.3 is 18.1 Å². The van der Waals surface area contributed by atoms with Crippen LogP contribution in [0.1, 0.15) is 25.7 Å². The topological polar surface area (TPSA) is 123 Å². The van der Waals surface area contributed by atoms with E-state index in [1.54, 1.807) is 7.11 Å². The summed E-state index contributed by atoms with van der Waals surface area (Å²) in [7, 11) is 1.57. The summed E-state index contributed by atoms with van der Waals surface area (Å²) < 4.78 is 65.3. The van der Waals surface area contributed by atoms with Gasteiger partial charge in [-0.15, -0.1) is 0 Å². The molecule has 9 nitrogen and oxygen atoms in total. The third-order valence-corrected chi connectivity index (χ3v) is 8.42. The number of amidine groups is 1. The highest BCUT2D eigenvalue weighted by Gasteiger charge is 2.69. The van der Waals surface area contributed by atoms with Gasteiger partial charge in [0, 0.05) is 56.6 Å². The molecule has 2 heterocycles. The number of rotatable bonds is 8. The highest BCUT2D eigenvalue weighted by atomic mass is 19.4. The molecule has 2 aliphatic carbocycles. The second-order valence-corrected chi connectivity index (χ2v) is 11.0. The van der Waals surface area contributed by atoms with E-state index in [1.807, 2.05) is 4.90 Å². The van der Waals surface area contributed by atoms with Crippen molar-refractivity contribution in [2.75, 3.05) is 38.7 Å². The van der Waals surface area contributed by atoms with Gasteiger partial charge in [-0.2, -0.15) is 13.2 Å². The Kier molecular flexibility index (Phi) is 7.86. The van der Waals surface area contributed by atoms with Crippen LogP contribution in [0, 0.1) is 29.0 Å². The molecule has 4 N–H and O–H groups in total. The molecule has 4 aliphatic rings. The molecular weight excluding hydrogens is 548 g/mol. The second-order valence-electron chi connectivity index (χ2n) is 11.0. The zero-order valence-corrected chi connectivity index (χ0v) is 22.4. The van der Waals surface area contributed by atoms with Crippen LogP contribution in [0.25, 0.3) is 0 Å². The van der Waals surface area contributed by atoms with E-state index < -0.39 is 53.5 Å². The van der Waals surface area contributed by atoms with Gasteiger partial charge in [-0.1, -0.05) is 6.08 Å². The molecule has 0 amide bonds. The number of ether oxygens (including phenoxy) is 1. The maximum absolute atomic E-state index is 15.3. The molecule has 41 heavy (non-hydrogen) atoms. The van der Waals surface area contributed by atoms with Crippen molar-refractivity contribution in [3.63, 3.8) is 0 Å². The van der Waals surface area contributed by atoms with Gasteiger partial charge in [0.1, 0.15) is 11.7 Å². The first-order chi connectivity index (χ1) is 19.5. The monoisotopic (exact) mass is 580 g/mol. The van der Waals surface area contributed by atoms with Gasteiger partial charge in [-0.05, 0) is 49.5 Å². The summed E-state index contributed by atoms with van der Waals surface area (Å²) in [5, 5.41) is 26.3. The highest BCUT2D eigenvalue weighted by molar-refractivity contribution is 6.05. The Labute approximate surface area is 233 Å². The predicted octanol–water partition coefficient (Wildman–Crippen LogP) is 4.17. The van der Waals surface area contributed by atoms with Crippen LogP contribution < -0.4 is 10.6 Å². The maximum atomic E-state index is 15.3. The van der Waals surface area contributed by atoms with Crippen LogP contribution >= 0.6 is 0 Å². The zero-order chi connectivity index (χ0) is 29.5. The molecular formula is C28H32F4N4O5. The van der Waals surface area contributed by atoms with Gasteiger partial charge in [-0.25, -0.2) is 9.38 Å². The van der Waals surface area contributed by atoms with E-state index in [0.717, 1.165) is 6.08 Å². The number of hydrogen-bond acceptors (Lipinski definition) is 7. The number of piperazine rings is 1. The molecule has 2 fully saturated rings. The van der Waals surface area contributed by atoms with E-state index in [4.69, 9.17) is 9.73 Å². The lowest BCUT2D eigenvalue weighted by atomic mass is 9.59. The van der Waals surface area contributed by atoms with Crippen LogP contribution in [-0.4, -0.2) is 78.5 Å². The number of halogens is 4. The van der Waals surface area contributed by atoms with E-state index in [-0.39, 0.29) is 47.4 Å². The molecule has 13 heteroatoms. The number of fused-ring (bicyclic) bond motifs is 1. The number of benzene rings is 1. The normalized spacial score (nSPS) is 26.9. The zero-order valence-electron chi connectivity index (χ0n) is 22.4. The van der Waals surface area contributed by atoms with Gasteiger partial charge in [0.25, 0.3) is 0 Å². The molecule has 5 rings (SSSR count). The molecule has 1 saturated heterocycles. The van der Waals surface area contributed by atoms with Gasteiger partial charge < -0.3 is 30.5 Å². The fourth-order valence-corrected chi connectivity index (χ4v) is 6.45. The van der Waals surface area contributed by atoms with Crippen molar-refractivity contribution in [1.82, 2.24) is 10.2 Å². The van der Waals surface area contributed by atoms with Crippen molar-refractivity contribution in [2.24, 2.45) is 28.2 Å². The Morgan fingerprint density at radius 2 is 2.02 bits per heavy atom. The molecule has 222 valence electrons. The van der Waals surface area contributed by atoms with Crippen LogP contribution in [0.5, 0.6) is 0 Å². The van der Waals surface area contributed by atoms with Crippen molar-refractivity contribution in [3.8, 4) is 0 Å². The van der Waals surface area contributed by atoms with Crippen molar-refractivity contribution in [2.45, 2.75) is 37.9 Å². The van der Waals surface area contributed by atoms with E-state index in [2.05, 4.69) is 10.6 Å². The summed E-state index contributed by atoms with van der Waals surface area (Å²) in [4.78, 5) is 31.1. The van der Waals surface area contributed by atoms with Crippen molar-refractivity contribution < 1.29 is 42.1 Å². The molecule has 0 radical (unpaired) electrons. The van der Waals surface area contributed by atoms with Crippen LogP contribution in [0.2, 0.25) is 0 Å². The number of alkyl halides is 3. The lowest BCUT2D eigenvalue weighted by Gasteiger charge is -2.48. The Balaban J connectivity index is 1.74. The fourth-order valence-electron chi connectivity index (χ4n) is 6.45. The SMILES string of the molecule is COCCC1CN(C2=Nc3ccc(F)cc3NC3=C2[C@H](C(CC(=O)O)C(=O)O)C(C2CC2)(C(F)(F)F)C=C3)CCN1. The third-order valence-electron chi connectivity index (χ3n) is 8.42. The number of methoxy groups -OCH3 is 1. The first-order valence-electron chi connectivity index (χ1n) is 13.5. The number of nitrogens with one attached hydrogen (secondary N) is 2. The lowest BCUT2D eigenvalue weighted by molar-refractivity contribution is -0.234. The Bertz CT molecular complexity index is 1310. The minimum Gasteiger partial charge on any atom is -0.481 e.